The number of hydrogen-bond donors (Lipinski definition) is 2. The first-order valence-electron chi connectivity index (χ1n) is 13.2. The van der Waals surface area contributed by atoms with Crippen molar-refractivity contribution in [2.45, 2.75) is 64.9 Å². The molecule has 0 aliphatic rings. The number of urea groups is 1. The molecule has 0 bridgehead atoms. The van der Waals surface area contributed by atoms with Gasteiger partial charge in [-0.25, -0.2) is 9.59 Å². The Bertz CT molecular complexity index is 934. The fourth-order valence-corrected chi connectivity index (χ4v) is 3.97. The number of para-hydroxylation sites is 2. The molecule has 0 spiro atoms. The van der Waals surface area contributed by atoms with Crippen LogP contribution < -0.4 is 14.8 Å². The van der Waals surface area contributed by atoms with Crippen molar-refractivity contribution in [3.05, 3.63) is 54.1 Å². The Morgan fingerprint density at radius 3 is 2.32 bits per heavy atom. The van der Waals surface area contributed by atoms with Crippen molar-refractivity contribution in [3.8, 4) is 11.5 Å². The monoisotopic (exact) mass is 514 g/mol. The Morgan fingerprint density at radius 1 is 0.946 bits per heavy atom. The molecular formula is C29H42N2O6. The van der Waals surface area contributed by atoms with Crippen molar-refractivity contribution in [2.24, 2.45) is 0 Å². The van der Waals surface area contributed by atoms with Crippen molar-refractivity contribution < 1.29 is 28.9 Å². The van der Waals surface area contributed by atoms with Crippen molar-refractivity contribution in [1.82, 2.24) is 4.90 Å². The summed E-state index contributed by atoms with van der Waals surface area (Å²) in [6.45, 7) is 5.74. The smallest absolute Gasteiger partial charge is 0.333 e. The summed E-state index contributed by atoms with van der Waals surface area (Å²) in [4.78, 5) is 26.2. The van der Waals surface area contributed by atoms with Crippen LogP contribution in [0.2, 0.25) is 0 Å². The van der Waals surface area contributed by atoms with Gasteiger partial charge in [-0.05, 0) is 43.2 Å². The van der Waals surface area contributed by atoms with Gasteiger partial charge in [-0.1, -0.05) is 63.3 Å². The van der Waals surface area contributed by atoms with Crippen molar-refractivity contribution in [2.75, 3.05) is 38.7 Å². The van der Waals surface area contributed by atoms with E-state index in [1.165, 1.54) is 25.7 Å². The predicted octanol–water partition coefficient (Wildman–Crippen LogP) is 6.00. The second-order valence-corrected chi connectivity index (χ2v) is 8.86. The van der Waals surface area contributed by atoms with Crippen LogP contribution in [0.4, 0.5) is 10.5 Å². The number of methoxy groups -OCH3 is 1. The molecule has 2 rings (SSSR count). The highest BCUT2D eigenvalue weighted by Gasteiger charge is 2.18. The molecule has 204 valence electrons. The van der Waals surface area contributed by atoms with Gasteiger partial charge < -0.3 is 29.5 Å². The average molecular weight is 515 g/mol. The molecule has 0 radical (unpaired) electrons. The minimum absolute atomic E-state index is 0.187. The molecule has 0 fully saturated rings. The summed E-state index contributed by atoms with van der Waals surface area (Å²) in [7, 11) is 1.58. The molecule has 2 amide bonds. The van der Waals surface area contributed by atoms with Gasteiger partial charge in [-0.2, -0.15) is 0 Å². The van der Waals surface area contributed by atoms with E-state index in [1.54, 1.807) is 18.9 Å². The maximum absolute atomic E-state index is 13.1. The molecule has 0 heterocycles. The molecule has 0 saturated heterocycles. The van der Waals surface area contributed by atoms with Gasteiger partial charge in [0, 0.05) is 19.6 Å². The highest BCUT2D eigenvalue weighted by atomic mass is 16.5. The number of anilines is 1. The zero-order chi connectivity index (χ0) is 26.9. The number of ether oxygens (including phenoxy) is 3. The molecule has 8 heteroatoms. The molecule has 0 aliphatic carbocycles. The number of amides is 2. The first-order chi connectivity index (χ1) is 18.0. The summed E-state index contributed by atoms with van der Waals surface area (Å²) in [6, 6.07) is 14.5. The van der Waals surface area contributed by atoms with Crippen LogP contribution in [0.15, 0.2) is 48.5 Å². The SMILES string of the molecule is CCCCCCCCN(CCOc1ccc(CC(OCC)C(=O)O)cc1)C(=O)Nc1ccccc1OC. The second-order valence-electron chi connectivity index (χ2n) is 8.86. The lowest BCUT2D eigenvalue weighted by Gasteiger charge is -2.24. The van der Waals surface area contributed by atoms with Gasteiger partial charge in [-0.15, -0.1) is 0 Å². The first kappa shape index (κ1) is 30.0. The largest absolute Gasteiger partial charge is 0.495 e. The fourth-order valence-electron chi connectivity index (χ4n) is 3.97. The number of hydrogen-bond acceptors (Lipinski definition) is 5. The van der Waals surface area contributed by atoms with Gasteiger partial charge in [0.2, 0.25) is 0 Å². The molecule has 1 atom stereocenters. The van der Waals surface area contributed by atoms with E-state index in [2.05, 4.69) is 12.2 Å². The number of nitrogens with zero attached hydrogens (tertiary/aromatic N) is 1. The molecule has 0 saturated carbocycles. The van der Waals surface area contributed by atoms with E-state index in [1.807, 2.05) is 48.5 Å². The molecule has 8 nitrogen and oxygen atoms in total. The minimum atomic E-state index is -0.973. The van der Waals surface area contributed by atoms with Gasteiger partial charge in [0.15, 0.2) is 6.10 Å². The molecule has 0 aliphatic heterocycles. The topological polar surface area (TPSA) is 97.3 Å². The third-order valence-electron chi connectivity index (χ3n) is 6.04. The van der Waals surface area contributed by atoms with Gasteiger partial charge >= 0.3 is 12.0 Å². The highest BCUT2D eigenvalue weighted by molar-refractivity contribution is 5.91. The third-order valence-corrected chi connectivity index (χ3v) is 6.04. The molecule has 2 aromatic rings. The Kier molecular flexibility index (Phi) is 14.0. The van der Waals surface area contributed by atoms with Crippen molar-refractivity contribution in [1.29, 1.82) is 0 Å². The summed E-state index contributed by atoms with van der Waals surface area (Å²) in [5.41, 5.74) is 1.49. The summed E-state index contributed by atoms with van der Waals surface area (Å²) < 4.78 is 16.6. The van der Waals surface area contributed by atoms with E-state index in [9.17, 15) is 14.7 Å². The average Bonchev–Trinajstić information content (AvgIpc) is 2.90. The van der Waals surface area contributed by atoms with Gasteiger partial charge in [0.05, 0.1) is 19.3 Å². The van der Waals surface area contributed by atoms with Crippen LogP contribution in [-0.4, -0.2) is 61.5 Å². The number of rotatable bonds is 18. The van der Waals surface area contributed by atoms with Gasteiger partial charge in [0.1, 0.15) is 18.1 Å². The minimum Gasteiger partial charge on any atom is -0.495 e. The summed E-state index contributed by atoms with van der Waals surface area (Å²) in [6.07, 6.45) is 6.28. The van der Waals surface area contributed by atoms with Crippen LogP contribution in [0.5, 0.6) is 11.5 Å². The van der Waals surface area contributed by atoms with E-state index in [0.29, 0.717) is 49.9 Å². The molecular weight excluding hydrogens is 472 g/mol. The van der Waals surface area contributed by atoms with Gasteiger partial charge in [0.25, 0.3) is 0 Å². The maximum Gasteiger partial charge on any atom is 0.333 e. The Hall–Kier alpha value is -3.26. The van der Waals surface area contributed by atoms with Crippen LogP contribution >= 0.6 is 0 Å². The molecule has 2 aromatic carbocycles. The summed E-state index contributed by atoms with van der Waals surface area (Å²) in [5, 5.41) is 12.2. The number of aliphatic carboxylic acids is 1. The fraction of sp³-hybridized carbons (Fsp3) is 0.517. The van der Waals surface area contributed by atoms with E-state index in [0.717, 1.165) is 18.4 Å². The maximum atomic E-state index is 13.1. The third kappa shape index (κ3) is 11.1. The predicted molar refractivity (Wildman–Crippen MR) is 146 cm³/mol. The summed E-state index contributed by atoms with van der Waals surface area (Å²) in [5.74, 6) is 0.303. The van der Waals surface area contributed by atoms with Crippen LogP contribution in [0, 0.1) is 0 Å². The van der Waals surface area contributed by atoms with Crippen LogP contribution in [0.3, 0.4) is 0 Å². The number of carboxylic acids is 1. The zero-order valence-corrected chi connectivity index (χ0v) is 22.4. The molecule has 37 heavy (non-hydrogen) atoms. The van der Waals surface area contributed by atoms with E-state index in [-0.39, 0.29) is 6.03 Å². The highest BCUT2D eigenvalue weighted by Crippen LogP contribution is 2.23. The number of benzene rings is 2. The second kappa shape index (κ2) is 17.2. The first-order valence-corrected chi connectivity index (χ1v) is 13.2. The van der Waals surface area contributed by atoms with Gasteiger partial charge in [-0.3, -0.25) is 0 Å². The van der Waals surface area contributed by atoms with E-state index < -0.39 is 12.1 Å². The Morgan fingerprint density at radius 2 is 1.65 bits per heavy atom. The molecule has 2 N–H and O–H groups in total. The van der Waals surface area contributed by atoms with Crippen molar-refractivity contribution in [3.63, 3.8) is 0 Å². The lowest BCUT2D eigenvalue weighted by Crippen LogP contribution is -2.38. The number of unbranched alkanes of at least 4 members (excludes halogenated alkanes) is 5. The Labute approximate surface area is 220 Å². The van der Waals surface area contributed by atoms with Crippen molar-refractivity contribution >= 4 is 17.7 Å². The molecule has 1 unspecified atom stereocenters. The number of nitrogens with one attached hydrogen (secondary N) is 1. The van der Waals surface area contributed by atoms with Crippen LogP contribution in [0.25, 0.3) is 0 Å². The standard InChI is InChI=1S/C29H42N2O6/c1-4-6-7-8-9-12-19-31(29(34)30-25-13-10-11-14-26(25)35-3)20-21-37-24-17-15-23(16-18-24)22-27(28(32)33)36-5-2/h10-11,13-18,27H,4-9,12,19-22H2,1-3H3,(H,30,34)(H,32,33). The number of carbonyl (C=O) groups excluding carboxylic acids is 1. The van der Waals surface area contributed by atoms with Crippen LogP contribution in [-0.2, 0) is 16.0 Å². The molecule has 0 aromatic heterocycles. The van der Waals surface area contributed by atoms with Crippen LogP contribution in [0.1, 0.15) is 57.9 Å². The Balaban J connectivity index is 1.92. The van der Waals surface area contributed by atoms with E-state index >= 15 is 0 Å². The number of carboxylic acid groups (broad SMARTS) is 1. The quantitative estimate of drug-likeness (QED) is 0.237. The van der Waals surface area contributed by atoms with E-state index in [4.69, 9.17) is 14.2 Å². The lowest BCUT2D eigenvalue weighted by molar-refractivity contribution is -0.149. The normalized spacial score (nSPS) is 11.5. The number of carbonyl (C=O) groups is 2. The lowest BCUT2D eigenvalue weighted by atomic mass is 10.1. The zero-order valence-electron chi connectivity index (χ0n) is 22.4. The summed E-state index contributed by atoms with van der Waals surface area (Å²) >= 11 is 0.